The normalized spacial score (nSPS) is 24.3. The summed E-state index contributed by atoms with van der Waals surface area (Å²) in [5.74, 6) is -0.454. The molecule has 22 heteroatoms. The van der Waals surface area contributed by atoms with E-state index in [2.05, 4.69) is 111 Å². The number of carbonyl (C=O) groups excluding carboxylic acids is 3. The van der Waals surface area contributed by atoms with Gasteiger partial charge in [0.15, 0.2) is 0 Å². The maximum Gasteiger partial charge on any atom is 0.251 e. The zero-order chi connectivity index (χ0) is 62.9. The molecule has 4 fully saturated rings. The molecule has 3 aromatic heterocycles. The second kappa shape index (κ2) is 27.1. The Balaban J connectivity index is 0.595. The minimum Gasteiger partial charge on any atom is -0.340 e. The van der Waals surface area contributed by atoms with Crippen LogP contribution >= 0.6 is 0 Å². The van der Waals surface area contributed by atoms with Crippen molar-refractivity contribution in [2.24, 2.45) is 0 Å². The summed E-state index contributed by atoms with van der Waals surface area (Å²) < 4.78 is 29.2. The van der Waals surface area contributed by atoms with E-state index >= 15 is 0 Å². The number of benzene rings is 2. The molecule has 3 amide bonds. The number of rotatable bonds is 20. The van der Waals surface area contributed by atoms with Crippen molar-refractivity contribution in [3.8, 4) is 0 Å². The first-order chi connectivity index (χ1) is 42.5. The molecule has 6 aliphatic heterocycles. The molecule has 0 aliphatic carbocycles. The molecule has 6 aliphatic rings. The summed E-state index contributed by atoms with van der Waals surface area (Å²) >= 11 is 0. The monoisotopic (exact) mass is 1230 g/mol. The van der Waals surface area contributed by atoms with Crippen molar-refractivity contribution in [3.05, 3.63) is 139 Å². The zero-order valence-corrected chi connectivity index (χ0v) is 53.5. The van der Waals surface area contributed by atoms with Crippen LogP contribution < -0.4 is 31.6 Å². The molecule has 20 nitrogen and oxygen atoms in total. The Morgan fingerprint density at radius 2 is 1.09 bits per heavy atom. The van der Waals surface area contributed by atoms with Gasteiger partial charge in [0.25, 0.3) is 11.1 Å². The minimum atomic E-state index is -0.436. The number of fused-ring (bicyclic) bond motifs is 2. The average Bonchev–Trinajstić information content (AvgIpc) is 1.66. The lowest BCUT2D eigenvalue weighted by Crippen LogP contribution is -2.63. The van der Waals surface area contributed by atoms with Crippen LogP contribution in [-0.4, -0.2) is 220 Å². The van der Waals surface area contributed by atoms with E-state index in [1.165, 1.54) is 24.3 Å². The summed E-state index contributed by atoms with van der Waals surface area (Å²) in [5.41, 5.74) is 5.48. The quantitative estimate of drug-likeness (QED) is 0.0804. The molecule has 0 bridgehead atoms. The predicted molar refractivity (Wildman–Crippen MR) is 342 cm³/mol. The lowest BCUT2D eigenvalue weighted by Gasteiger charge is -2.45. The Labute approximate surface area is 522 Å². The molecule has 4 saturated heterocycles. The van der Waals surface area contributed by atoms with Crippen LogP contribution in [0.15, 0.2) is 76.4 Å². The number of aromatic nitrogens is 5. The highest BCUT2D eigenvalue weighted by Gasteiger charge is 2.43. The van der Waals surface area contributed by atoms with Crippen molar-refractivity contribution in [2.45, 2.75) is 148 Å². The molecule has 2 aromatic carbocycles. The molecule has 4 N–H and O–H groups in total. The number of piperazine rings is 4. The van der Waals surface area contributed by atoms with Crippen molar-refractivity contribution < 1.29 is 23.2 Å². The van der Waals surface area contributed by atoms with Gasteiger partial charge in [0.05, 0.1) is 30.2 Å². The van der Waals surface area contributed by atoms with Gasteiger partial charge in [-0.3, -0.25) is 48.3 Å². The summed E-state index contributed by atoms with van der Waals surface area (Å²) in [6, 6.07) is 17.3. The maximum absolute atomic E-state index is 14.4. The van der Waals surface area contributed by atoms with Crippen LogP contribution in [0.2, 0.25) is 0 Å². The Kier molecular flexibility index (Phi) is 19.5. The number of nitrogens with zero attached hydrogens (tertiary/aromatic N) is 11. The number of aryl methyl sites for hydroxylation is 1. The van der Waals surface area contributed by atoms with Gasteiger partial charge in [-0.1, -0.05) is 57.2 Å². The molecule has 0 radical (unpaired) electrons. The molecule has 480 valence electrons. The molecule has 6 atom stereocenters. The van der Waals surface area contributed by atoms with E-state index in [9.17, 15) is 32.8 Å². The predicted octanol–water partition coefficient (Wildman–Crippen LogP) is 4.34. The van der Waals surface area contributed by atoms with Crippen LogP contribution in [0.25, 0.3) is 0 Å². The summed E-state index contributed by atoms with van der Waals surface area (Å²) in [7, 11) is 0. The summed E-state index contributed by atoms with van der Waals surface area (Å²) in [6.07, 6.45) is 5.61. The Hall–Kier alpha value is -6.53. The Bertz CT molecular complexity index is 3440. The van der Waals surface area contributed by atoms with E-state index in [-0.39, 0.29) is 83.8 Å². The minimum absolute atomic E-state index is 0.00406. The fraction of sp³-hybridized carbons (Fsp3) is 0.597. The van der Waals surface area contributed by atoms with Crippen LogP contribution in [-0.2, 0) is 51.0 Å². The molecule has 0 unspecified atom stereocenters. The molecule has 11 rings (SSSR count). The van der Waals surface area contributed by atoms with Crippen molar-refractivity contribution in [3.63, 3.8) is 0 Å². The van der Waals surface area contributed by atoms with E-state index in [1.54, 1.807) is 24.3 Å². The first-order valence-electron chi connectivity index (χ1n) is 32.5. The fourth-order valence-corrected chi connectivity index (χ4v) is 14.5. The third-order valence-electron chi connectivity index (χ3n) is 19.7. The highest BCUT2D eigenvalue weighted by molar-refractivity contribution is 5.98. The molecular weight excluding hydrogens is 1130 g/mol. The van der Waals surface area contributed by atoms with Gasteiger partial charge in [0.1, 0.15) is 11.6 Å². The lowest BCUT2D eigenvalue weighted by atomic mass is 9.91. The van der Waals surface area contributed by atoms with Crippen LogP contribution in [0.5, 0.6) is 0 Å². The first kappa shape index (κ1) is 64.0. The Morgan fingerprint density at radius 3 is 1.58 bits per heavy atom. The number of hydrogen-bond acceptors (Lipinski definition) is 14. The second-order valence-corrected chi connectivity index (χ2v) is 27.9. The summed E-state index contributed by atoms with van der Waals surface area (Å²) in [4.78, 5) is 93.1. The van der Waals surface area contributed by atoms with E-state index in [1.807, 2.05) is 37.7 Å². The van der Waals surface area contributed by atoms with Crippen LogP contribution in [0, 0.1) is 11.6 Å². The summed E-state index contributed by atoms with van der Waals surface area (Å²) in [5, 5.41) is 16.3. The van der Waals surface area contributed by atoms with Gasteiger partial charge in [-0.25, -0.2) is 8.78 Å². The number of nitrogens with one attached hydrogen (secondary N) is 4. The molecule has 9 heterocycles. The van der Waals surface area contributed by atoms with Crippen LogP contribution in [0.4, 0.5) is 20.2 Å². The highest BCUT2D eigenvalue weighted by atomic mass is 19.1. The Morgan fingerprint density at radius 1 is 0.596 bits per heavy atom. The van der Waals surface area contributed by atoms with Gasteiger partial charge in [-0.05, 0) is 88.1 Å². The maximum atomic E-state index is 14.4. The van der Waals surface area contributed by atoms with E-state index in [0.717, 1.165) is 131 Å². The van der Waals surface area contributed by atoms with Gasteiger partial charge < -0.3 is 40.2 Å². The van der Waals surface area contributed by atoms with Gasteiger partial charge in [-0.2, -0.15) is 0 Å². The number of anilines is 2. The zero-order valence-electron chi connectivity index (χ0n) is 53.5. The second-order valence-electron chi connectivity index (χ2n) is 27.9. The third-order valence-corrected chi connectivity index (χ3v) is 19.7. The topological polar surface area (TPSA) is 198 Å². The van der Waals surface area contributed by atoms with Crippen LogP contribution in [0.3, 0.4) is 0 Å². The third kappa shape index (κ3) is 15.1. The largest absolute Gasteiger partial charge is 0.340 e. The van der Waals surface area contributed by atoms with Crippen molar-refractivity contribution in [1.29, 1.82) is 0 Å². The van der Waals surface area contributed by atoms with Crippen molar-refractivity contribution in [1.82, 2.24) is 65.0 Å². The van der Waals surface area contributed by atoms with Gasteiger partial charge in [-0.15, -0.1) is 5.10 Å². The van der Waals surface area contributed by atoms with Gasteiger partial charge in [0.2, 0.25) is 17.7 Å². The number of amides is 3. The lowest BCUT2D eigenvalue weighted by molar-refractivity contribution is -0.134. The molecule has 0 spiro atoms. The SMILES string of the molecule is C[C@@H]1CN(CC(=O)N2CC(C)(C)c3[nH]c(=O)c(Cc4ccc(F)cc4)cc32)[C@@H](CN2CCN(CCc3cn(CCCCC(=O)N4CCN(C[C@H]5CN[C@H](C)CN5CC(=O)N5CC(C)(C)c6[nH]c(=O)c(Cc7ccc(F)cc7)cc65)[C@H](C)C4)nn3)C[C@H]2C)CN1. The van der Waals surface area contributed by atoms with Crippen LogP contribution in [0.1, 0.15) is 114 Å². The van der Waals surface area contributed by atoms with Crippen molar-refractivity contribution >= 4 is 29.1 Å². The number of unbranched alkanes of at least 4 members (excludes halogenated alkanes) is 1. The van der Waals surface area contributed by atoms with E-state index in [0.29, 0.717) is 69.2 Å². The number of carbonyl (C=O) groups is 3. The number of pyridine rings is 2. The average molecular weight is 1230 g/mol. The molecule has 5 aromatic rings. The van der Waals surface area contributed by atoms with Crippen molar-refractivity contribution in [2.75, 3.05) is 121 Å². The number of halogens is 2. The fourth-order valence-electron chi connectivity index (χ4n) is 14.5. The highest BCUT2D eigenvalue weighted by Crippen LogP contribution is 2.41. The van der Waals surface area contributed by atoms with Gasteiger partial charge in [0, 0.05) is 206 Å². The van der Waals surface area contributed by atoms with E-state index < -0.39 is 10.8 Å². The van der Waals surface area contributed by atoms with Gasteiger partial charge >= 0.3 is 0 Å². The number of aromatic amines is 2. The number of H-pyrrole nitrogens is 2. The first-order valence-corrected chi connectivity index (χ1v) is 32.5. The standard InChI is InChI=1S/C67H93F2N15O5/c1-44-33-80(40-60(86)83-42-66(5,6)62-57(83)29-50(64(88)72-62)27-48-12-16-52(68)17-13-48)55(31-70-44)38-77-24-23-76(35-46(77)3)22-20-54-37-82(75-74-54)21-10-9-11-59(85)79-26-25-78(47(4)36-79)39-56-32-71-45(2)34-81(56)41-61(87)84-43-67(7,8)63-58(84)30-51(65(89)73-63)28-49-14-18-53(69)19-15-49/h12-19,29-30,37,44-47,55-56,70-71H,9-11,20-28,31-36,38-43H2,1-8H3,(H,72,88)(H,73,89)/t44-,45-,46-,47-,55-,56-/m1/s1. The number of hydrogen-bond donors (Lipinski definition) is 4. The molecule has 89 heavy (non-hydrogen) atoms. The smallest absolute Gasteiger partial charge is 0.251 e. The molecule has 0 saturated carbocycles. The summed E-state index contributed by atoms with van der Waals surface area (Å²) in [6.45, 7) is 29.7. The van der Waals surface area contributed by atoms with E-state index in [4.69, 9.17) is 0 Å². The molecular formula is C67H93F2N15O5.